The average Bonchev–Trinajstić information content (AvgIpc) is 2.98. The van der Waals surface area contributed by atoms with Gasteiger partial charge in [-0.2, -0.15) is 0 Å². The Morgan fingerprint density at radius 2 is 1.96 bits per heavy atom. The van der Waals surface area contributed by atoms with Gasteiger partial charge in [0.1, 0.15) is 0 Å². The summed E-state index contributed by atoms with van der Waals surface area (Å²) in [5.74, 6) is 0.241. The van der Waals surface area contributed by atoms with Crippen LogP contribution in [0.4, 0.5) is 10.3 Å². The highest BCUT2D eigenvalue weighted by Crippen LogP contribution is 2.20. The number of aromatic nitrogens is 2. The van der Waals surface area contributed by atoms with E-state index in [-0.39, 0.29) is 24.7 Å². The fourth-order valence-electron chi connectivity index (χ4n) is 2.78. The lowest BCUT2D eigenvalue weighted by Gasteiger charge is -2.09. The van der Waals surface area contributed by atoms with Crippen molar-refractivity contribution < 1.29 is 13.9 Å². The van der Waals surface area contributed by atoms with Crippen molar-refractivity contribution in [2.75, 3.05) is 11.9 Å². The van der Waals surface area contributed by atoms with Crippen LogP contribution < -0.4 is 10.1 Å². The Morgan fingerprint density at radius 1 is 1.19 bits per heavy atom. The molecule has 0 radical (unpaired) electrons. The van der Waals surface area contributed by atoms with Crippen molar-refractivity contribution in [1.82, 2.24) is 9.55 Å². The summed E-state index contributed by atoms with van der Waals surface area (Å²) in [7, 11) is 0. The molecule has 2 aromatic carbocycles. The molecule has 0 saturated heterocycles. The van der Waals surface area contributed by atoms with E-state index < -0.39 is 5.82 Å². The van der Waals surface area contributed by atoms with E-state index in [1.807, 2.05) is 28.8 Å². The first kappa shape index (κ1) is 17.9. The van der Waals surface area contributed by atoms with Crippen LogP contribution in [0.2, 0.25) is 0 Å². The summed E-state index contributed by atoms with van der Waals surface area (Å²) in [6.07, 6.45) is 1.72. The molecule has 1 aromatic heterocycles. The zero-order valence-corrected chi connectivity index (χ0v) is 14.7. The molecule has 0 aliphatic carbocycles. The topological polar surface area (TPSA) is 56.2 Å². The standard InChI is InChI=1S/C20H22FN3O2/c1-2-13-24-17-10-5-4-9-16(17)22-20(24)23-19(25)12-7-14-26-18-11-6-3-8-15(18)21/h3-6,8-11H,2,7,12-14H2,1H3,(H,22,23,25). The molecule has 6 heteroatoms. The number of rotatable bonds is 8. The zero-order chi connectivity index (χ0) is 18.4. The van der Waals surface area contributed by atoms with Crippen molar-refractivity contribution >= 4 is 22.9 Å². The van der Waals surface area contributed by atoms with Crippen LogP contribution in [-0.4, -0.2) is 22.1 Å². The van der Waals surface area contributed by atoms with E-state index in [4.69, 9.17) is 4.74 Å². The maximum atomic E-state index is 13.5. The number of ether oxygens (including phenoxy) is 1. The van der Waals surface area contributed by atoms with E-state index in [1.54, 1.807) is 18.2 Å². The van der Waals surface area contributed by atoms with E-state index in [0.29, 0.717) is 12.4 Å². The zero-order valence-electron chi connectivity index (χ0n) is 14.7. The Balaban J connectivity index is 1.56. The minimum Gasteiger partial charge on any atom is -0.491 e. The van der Waals surface area contributed by atoms with Gasteiger partial charge in [-0.25, -0.2) is 9.37 Å². The van der Waals surface area contributed by atoms with Crippen LogP contribution in [0.5, 0.6) is 5.75 Å². The molecule has 26 heavy (non-hydrogen) atoms. The highest BCUT2D eigenvalue weighted by Gasteiger charge is 2.12. The van der Waals surface area contributed by atoms with Crippen LogP contribution in [-0.2, 0) is 11.3 Å². The molecule has 0 spiro atoms. The van der Waals surface area contributed by atoms with Crippen LogP contribution in [0.1, 0.15) is 26.2 Å². The SMILES string of the molecule is CCCn1c(NC(=O)CCCOc2ccccc2F)nc2ccccc21. The van der Waals surface area contributed by atoms with Crippen LogP contribution >= 0.6 is 0 Å². The molecule has 0 fully saturated rings. The Hall–Kier alpha value is -2.89. The maximum absolute atomic E-state index is 13.5. The molecule has 0 unspecified atom stereocenters. The molecule has 0 bridgehead atoms. The number of hydrogen-bond acceptors (Lipinski definition) is 3. The van der Waals surface area contributed by atoms with E-state index in [2.05, 4.69) is 17.2 Å². The Labute approximate surface area is 151 Å². The van der Waals surface area contributed by atoms with Gasteiger partial charge in [0, 0.05) is 13.0 Å². The largest absolute Gasteiger partial charge is 0.491 e. The molecular weight excluding hydrogens is 333 g/mol. The molecule has 0 aliphatic rings. The lowest BCUT2D eigenvalue weighted by Crippen LogP contribution is -2.16. The van der Waals surface area contributed by atoms with E-state index in [1.165, 1.54) is 6.07 Å². The van der Waals surface area contributed by atoms with E-state index in [9.17, 15) is 9.18 Å². The van der Waals surface area contributed by atoms with Crippen molar-refractivity contribution in [3.8, 4) is 5.75 Å². The van der Waals surface area contributed by atoms with Crippen molar-refractivity contribution in [3.05, 3.63) is 54.3 Å². The molecule has 3 aromatic rings. The normalized spacial score (nSPS) is 10.8. The maximum Gasteiger partial charge on any atom is 0.226 e. The van der Waals surface area contributed by atoms with E-state index >= 15 is 0 Å². The summed E-state index contributed by atoms with van der Waals surface area (Å²) in [5, 5.41) is 2.88. The fourth-order valence-corrected chi connectivity index (χ4v) is 2.78. The van der Waals surface area contributed by atoms with Crippen LogP contribution in [0.25, 0.3) is 11.0 Å². The molecule has 1 amide bonds. The van der Waals surface area contributed by atoms with Gasteiger partial charge in [0.2, 0.25) is 11.9 Å². The molecule has 136 valence electrons. The van der Waals surface area contributed by atoms with Gasteiger partial charge in [0.15, 0.2) is 11.6 Å². The number of carbonyl (C=O) groups is 1. The number of imidazole rings is 1. The second-order valence-corrected chi connectivity index (χ2v) is 6.01. The van der Waals surface area contributed by atoms with Crippen LogP contribution in [0.3, 0.4) is 0 Å². The predicted molar refractivity (Wildman–Crippen MR) is 99.8 cm³/mol. The minimum atomic E-state index is -0.398. The quantitative estimate of drug-likeness (QED) is 0.610. The Bertz CT molecular complexity index is 892. The average molecular weight is 355 g/mol. The Morgan fingerprint density at radius 3 is 2.77 bits per heavy atom. The third-order valence-electron chi connectivity index (χ3n) is 4.00. The molecule has 0 aliphatic heterocycles. The second-order valence-electron chi connectivity index (χ2n) is 6.01. The van der Waals surface area contributed by atoms with Crippen molar-refractivity contribution in [1.29, 1.82) is 0 Å². The monoisotopic (exact) mass is 355 g/mol. The number of fused-ring (bicyclic) bond motifs is 1. The predicted octanol–water partition coefficient (Wildman–Crippen LogP) is 4.38. The number of para-hydroxylation sites is 3. The summed E-state index contributed by atoms with van der Waals surface area (Å²) >= 11 is 0. The molecule has 0 atom stereocenters. The van der Waals surface area contributed by atoms with Gasteiger partial charge in [0.05, 0.1) is 17.6 Å². The third-order valence-corrected chi connectivity index (χ3v) is 4.00. The number of benzene rings is 2. The number of nitrogens with one attached hydrogen (secondary N) is 1. The summed E-state index contributed by atoms with van der Waals surface area (Å²) < 4.78 is 20.9. The van der Waals surface area contributed by atoms with Crippen molar-refractivity contribution in [3.63, 3.8) is 0 Å². The summed E-state index contributed by atoms with van der Waals surface area (Å²) in [6.45, 7) is 3.15. The summed E-state index contributed by atoms with van der Waals surface area (Å²) in [6, 6.07) is 14.1. The molecule has 1 heterocycles. The van der Waals surface area contributed by atoms with Gasteiger partial charge in [-0.15, -0.1) is 0 Å². The Kier molecular flexibility index (Phi) is 5.84. The molecule has 1 N–H and O–H groups in total. The number of anilines is 1. The summed E-state index contributed by atoms with van der Waals surface area (Å²) in [4.78, 5) is 16.7. The fraction of sp³-hybridized carbons (Fsp3) is 0.300. The minimum absolute atomic E-state index is 0.130. The number of aryl methyl sites for hydroxylation is 1. The van der Waals surface area contributed by atoms with Crippen LogP contribution in [0.15, 0.2) is 48.5 Å². The second kappa shape index (κ2) is 8.47. The van der Waals surface area contributed by atoms with Gasteiger partial charge in [-0.05, 0) is 37.1 Å². The van der Waals surface area contributed by atoms with Gasteiger partial charge < -0.3 is 9.30 Å². The number of nitrogens with zero attached hydrogens (tertiary/aromatic N) is 2. The molecule has 0 saturated carbocycles. The van der Waals surface area contributed by atoms with Gasteiger partial charge >= 0.3 is 0 Å². The van der Waals surface area contributed by atoms with E-state index in [0.717, 1.165) is 24.0 Å². The highest BCUT2D eigenvalue weighted by atomic mass is 19.1. The van der Waals surface area contributed by atoms with Crippen molar-refractivity contribution in [2.24, 2.45) is 0 Å². The number of carbonyl (C=O) groups excluding carboxylic acids is 1. The highest BCUT2D eigenvalue weighted by molar-refractivity contribution is 5.91. The number of hydrogen-bond donors (Lipinski definition) is 1. The summed E-state index contributed by atoms with van der Waals surface area (Å²) in [5.41, 5.74) is 1.87. The third kappa shape index (κ3) is 4.20. The van der Waals surface area contributed by atoms with Crippen LogP contribution in [0, 0.1) is 5.82 Å². The first-order valence-corrected chi connectivity index (χ1v) is 8.81. The number of halogens is 1. The smallest absolute Gasteiger partial charge is 0.226 e. The van der Waals surface area contributed by atoms with Gasteiger partial charge in [-0.3, -0.25) is 10.1 Å². The lowest BCUT2D eigenvalue weighted by molar-refractivity contribution is -0.116. The lowest BCUT2D eigenvalue weighted by atomic mass is 10.3. The molecule has 3 rings (SSSR count). The number of amides is 1. The molecular formula is C20H22FN3O2. The molecule has 5 nitrogen and oxygen atoms in total. The first-order valence-electron chi connectivity index (χ1n) is 8.81. The van der Waals surface area contributed by atoms with Gasteiger partial charge in [-0.1, -0.05) is 31.2 Å². The van der Waals surface area contributed by atoms with Gasteiger partial charge in [0.25, 0.3) is 0 Å². The van der Waals surface area contributed by atoms with Crippen molar-refractivity contribution in [2.45, 2.75) is 32.7 Å². The first-order chi connectivity index (χ1) is 12.7.